The smallest absolute Gasteiger partial charge is 0.131 e. The third-order valence-corrected chi connectivity index (χ3v) is 9.40. The molecule has 4 heterocycles. The van der Waals surface area contributed by atoms with Crippen LogP contribution >= 0.6 is 0 Å². The molecule has 8 rings (SSSR count). The van der Waals surface area contributed by atoms with Crippen molar-refractivity contribution in [3.63, 3.8) is 0 Å². The molecule has 3 aliphatic heterocycles. The van der Waals surface area contributed by atoms with Gasteiger partial charge in [0.1, 0.15) is 18.7 Å². The largest absolute Gasteiger partial charge is 0.382 e. The predicted molar refractivity (Wildman–Crippen MR) is 152 cm³/mol. The molecule has 0 saturated carbocycles. The summed E-state index contributed by atoms with van der Waals surface area (Å²) in [6.07, 6.45) is 5.72. The van der Waals surface area contributed by atoms with Crippen LogP contribution < -0.4 is 0 Å². The Morgan fingerprint density at radius 2 is 1.59 bits per heavy atom. The van der Waals surface area contributed by atoms with Gasteiger partial charge in [-0.15, -0.1) is 6.58 Å². The molecular formula is C34H33N2O+. The average Bonchev–Trinajstić information content (AvgIpc) is 2.96. The van der Waals surface area contributed by atoms with E-state index < -0.39 is 6.10 Å². The number of aliphatic hydroxyl groups is 1. The van der Waals surface area contributed by atoms with Gasteiger partial charge in [0.2, 0.25) is 0 Å². The summed E-state index contributed by atoms with van der Waals surface area (Å²) in [4.78, 5) is 4.57. The Hall–Kier alpha value is -3.53. The first-order valence-electron chi connectivity index (χ1n) is 13.6. The van der Waals surface area contributed by atoms with Gasteiger partial charge in [-0.05, 0) is 51.2 Å². The zero-order valence-corrected chi connectivity index (χ0v) is 21.1. The number of rotatable bonds is 5. The van der Waals surface area contributed by atoms with Crippen LogP contribution in [0.2, 0.25) is 0 Å². The van der Waals surface area contributed by atoms with E-state index in [4.69, 9.17) is 0 Å². The number of aliphatic hydroxyl groups excluding tert-OH is 1. The molecule has 5 atom stereocenters. The summed E-state index contributed by atoms with van der Waals surface area (Å²) in [5.74, 6) is 1.09. The lowest BCUT2D eigenvalue weighted by atomic mass is 9.71. The molecule has 2 bridgehead atoms. The molecule has 4 aromatic carbocycles. The number of benzene rings is 4. The highest BCUT2D eigenvalue weighted by Crippen LogP contribution is 2.49. The lowest BCUT2D eigenvalue weighted by molar-refractivity contribution is -0.984. The number of para-hydroxylation sites is 1. The summed E-state index contributed by atoms with van der Waals surface area (Å²) in [6.45, 7) is 7.28. The van der Waals surface area contributed by atoms with Crippen molar-refractivity contribution < 1.29 is 9.59 Å². The first-order chi connectivity index (χ1) is 18.2. The molecule has 184 valence electrons. The van der Waals surface area contributed by atoms with Gasteiger partial charge in [0.25, 0.3) is 0 Å². The molecule has 0 aliphatic carbocycles. The highest BCUT2D eigenvalue weighted by Gasteiger charge is 2.54. The van der Waals surface area contributed by atoms with Crippen molar-refractivity contribution in [1.29, 1.82) is 0 Å². The van der Waals surface area contributed by atoms with E-state index in [-0.39, 0.29) is 6.04 Å². The van der Waals surface area contributed by atoms with Crippen LogP contribution in [-0.4, -0.2) is 33.7 Å². The van der Waals surface area contributed by atoms with Gasteiger partial charge in [-0.25, -0.2) is 0 Å². The van der Waals surface area contributed by atoms with E-state index in [2.05, 4.69) is 78.3 Å². The fourth-order valence-corrected chi connectivity index (χ4v) is 7.56. The van der Waals surface area contributed by atoms with Gasteiger partial charge in [0.15, 0.2) is 0 Å². The minimum Gasteiger partial charge on any atom is -0.382 e. The average molecular weight is 486 g/mol. The Labute approximate surface area is 218 Å². The third kappa shape index (κ3) is 3.60. The summed E-state index contributed by atoms with van der Waals surface area (Å²) in [5, 5.41) is 18.4. The van der Waals surface area contributed by atoms with Crippen LogP contribution in [0.15, 0.2) is 104 Å². The van der Waals surface area contributed by atoms with E-state index >= 15 is 0 Å². The Morgan fingerprint density at radius 3 is 2.32 bits per heavy atom. The Bertz CT molecular complexity index is 1580. The number of aromatic nitrogens is 1. The molecule has 3 unspecified atom stereocenters. The maximum atomic E-state index is 12.1. The molecular weight excluding hydrogens is 452 g/mol. The second-order valence-corrected chi connectivity index (χ2v) is 11.2. The van der Waals surface area contributed by atoms with Gasteiger partial charge in [0, 0.05) is 35.9 Å². The normalized spacial score (nSPS) is 26.0. The molecule has 1 N–H and O–H groups in total. The van der Waals surface area contributed by atoms with Crippen molar-refractivity contribution in [2.45, 2.75) is 31.5 Å². The minimum absolute atomic E-state index is 0.137. The number of piperidine rings is 3. The monoisotopic (exact) mass is 485 g/mol. The van der Waals surface area contributed by atoms with Gasteiger partial charge >= 0.3 is 0 Å². The van der Waals surface area contributed by atoms with Crippen molar-refractivity contribution in [2.75, 3.05) is 13.1 Å². The van der Waals surface area contributed by atoms with Gasteiger partial charge in [-0.1, -0.05) is 72.8 Å². The van der Waals surface area contributed by atoms with Crippen LogP contribution in [0.25, 0.3) is 32.4 Å². The number of quaternary nitrogens is 1. The van der Waals surface area contributed by atoms with E-state index in [1.54, 1.807) is 0 Å². The molecule has 3 heteroatoms. The minimum atomic E-state index is -0.539. The van der Waals surface area contributed by atoms with Crippen LogP contribution in [0, 0.1) is 11.8 Å². The molecule has 3 aliphatic rings. The lowest BCUT2D eigenvalue weighted by Crippen LogP contribution is -2.67. The zero-order chi connectivity index (χ0) is 25.0. The second-order valence-electron chi connectivity index (χ2n) is 11.2. The van der Waals surface area contributed by atoms with Gasteiger partial charge in [-0.3, -0.25) is 4.98 Å². The van der Waals surface area contributed by atoms with Gasteiger partial charge in [0.05, 0.1) is 18.6 Å². The molecule has 5 aromatic rings. The van der Waals surface area contributed by atoms with E-state index in [1.165, 1.54) is 33.5 Å². The molecule has 0 spiro atoms. The quantitative estimate of drug-likeness (QED) is 0.162. The molecule has 1 aromatic heterocycles. The summed E-state index contributed by atoms with van der Waals surface area (Å²) < 4.78 is 0.906. The predicted octanol–water partition coefficient (Wildman–Crippen LogP) is 7.19. The summed E-state index contributed by atoms with van der Waals surface area (Å²) in [6, 6.07) is 30.3. The van der Waals surface area contributed by atoms with Crippen molar-refractivity contribution in [3.05, 3.63) is 115 Å². The highest BCUT2D eigenvalue weighted by atomic mass is 16.3. The highest BCUT2D eigenvalue weighted by molar-refractivity contribution is 6.02. The molecule has 0 amide bonds. The number of hydrogen-bond donors (Lipinski definition) is 1. The van der Waals surface area contributed by atoms with Crippen LogP contribution in [0.4, 0.5) is 0 Å². The Balaban J connectivity index is 1.39. The van der Waals surface area contributed by atoms with Gasteiger partial charge in [-0.2, -0.15) is 0 Å². The number of pyridine rings is 1. The zero-order valence-electron chi connectivity index (χ0n) is 21.1. The number of nitrogens with zero attached hydrogens (tertiary/aromatic N) is 2. The van der Waals surface area contributed by atoms with Crippen LogP contribution in [0.3, 0.4) is 0 Å². The first-order valence-corrected chi connectivity index (χ1v) is 13.6. The van der Waals surface area contributed by atoms with Crippen LogP contribution in [0.5, 0.6) is 0 Å². The van der Waals surface area contributed by atoms with Crippen molar-refractivity contribution in [1.82, 2.24) is 4.98 Å². The van der Waals surface area contributed by atoms with E-state index in [9.17, 15) is 5.11 Å². The Kier molecular flexibility index (Phi) is 5.38. The maximum Gasteiger partial charge on any atom is 0.131 e. The fraction of sp³-hybridized carbons (Fsp3) is 0.265. The molecule has 3 fully saturated rings. The molecule has 37 heavy (non-hydrogen) atoms. The van der Waals surface area contributed by atoms with Crippen molar-refractivity contribution in [2.24, 2.45) is 11.8 Å². The van der Waals surface area contributed by atoms with Crippen molar-refractivity contribution in [3.8, 4) is 0 Å². The first kappa shape index (κ1) is 22.7. The maximum absolute atomic E-state index is 12.1. The van der Waals surface area contributed by atoms with Gasteiger partial charge < -0.3 is 9.59 Å². The second kappa shape index (κ2) is 8.79. The fourth-order valence-electron chi connectivity index (χ4n) is 7.56. The van der Waals surface area contributed by atoms with Crippen molar-refractivity contribution >= 4 is 32.4 Å². The summed E-state index contributed by atoms with van der Waals surface area (Å²) in [5.41, 5.74) is 3.37. The molecule has 3 saturated heterocycles. The summed E-state index contributed by atoms with van der Waals surface area (Å²) in [7, 11) is 0. The van der Waals surface area contributed by atoms with Crippen LogP contribution in [-0.2, 0) is 6.54 Å². The Morgan fingerprint density at radius 1 is 0.919 bits per heavy atom. The van der Waals surface area contributed by atoms with E-state index in [0.29, 0.717) is 11.8 Å². The molecule has 3 nitrogen and oxygen atoms in total. The third-order valence-electron chi connectivity index (χ3n) is 9.40. The van der Waals surface area contributed by atoms with Crippen LogP contribution in [0.1, 0.15) is 30.1 Å². The number of hydrogen-bond acceptors (Lipinski definition) is 2. The topological polar surface area (TPSA) is 33.1 Å². The standard InChI is InChI=1S/C34H33N2O/c1-2-23-21-36(22-31-27-11-5-3-9-25(27)19-26-10-4-6-12-28(26)31)18-16-24(23)20-33(36)34(37)30-15-17-35-32-14-8-7-13-29(30)32/h2-15,17,19,23-24,33-34,37H,1,16,18,20-22H2/q+1/t23?,24?,33-,34-,36?/m0/s1. The molecule has 0 radical (unpaired) electrons. The number of fused-ring (bicyclic) bond motifs is 6. The van der Waals surface area contributed by atoms with E-state index in [0.717, 1.165) is 47.0 Å². The SMILES string of the molecule is C=CC1C[N+]2(Cc3c4ccccc4cc4ccccc34)CCC1C[C@H]2[C@@H](O)c1ccnc2ccccc12. The van der Waals surface area contributed by atoms with E-state index in [1.807, 2.05) is 30.5 Å². The lowest BCUT2D eigenvalue weighted by Gasteiger charge is -2.58. The summed E-state index contributed by atoms with van der Waals surface area (Å²) >= 11 is 0.